The highest BCUT2D eigenvalue weighted by Gasteiger charge is 2.20. The van der Waals surface area contributed by atoms with Crippen LogP contribution in [0.2, 0.25) is 0 Å². The number of anilines is 2. The molecule has 1 aliphatic rings. The van der Waals surface area contributed by atoms with Gasteiger partial charge in [0.05, 0.1) is 5.00 Å². The molecule has 2 aromatic rings. The fraction of sp³-hybridized carbons (Fsp3) is 0.421. The van der Waals surface area contributed by atoms with Gasteiger partial charge in [-0.2, -0.15) is 0 Å². The summed E-state index contributed by atoms with van der Waals surface area (Å²) in [6.07, 6.45) is 2.11. The minimum Gasteiger partial charge on any atom is -0.360 e. The van der Waals surface area contributed by atoms with Gasteiger partial charge in [0, 0.05) is 52.4 Å². The molecule has 0 atom stereocenters. The summed E-state index contributed by atoms with van der Waals surface area (Å²) >= 11 is 1.78. The van der Waals surface area contributed by atoms with Gasteiger partial charge in [0.1, 0.15) is 5.82 Å². The van der Waals surface area contributed by atoms with Crippen LogP contribution in [0.25, 0.3) is 0 Å². The van der Waals surface area contributed by atoms with Crippen LogP contribution in [-0.4, -0.2) is 61.5 Å². The van der Waals surface area contributed by atoms with Crippen molar-refractivity contribution < 1.29 is 4.79 Å². The van der Waals surface area contributed by atoms with Crippen molar-refractivity contribution >= 4 is 58.0 Å². The second kappa shape index (κ2) is 11.2. The molecule has 7 nitrogen and oxygen atoms in total. The Morgan fingerprint density at radius 1 is 1.25 bits per heavy atom. The molecule has 0 unspecified atom stereocenters. The minimum absolute atomic E-state index is 0. The summed E-state index contributed by atoms with van der Waals surface area (Å²) in [5, 5.41) is 9.54. The first-order chi connectivity index (χ1) is 13.2. The topological polar surface area (TPSA) is 72.9 Å². The van der Waals surface area contributed by atoms with Crippen LogP contribution in [0.1, 0.15) is 12.0 Å². The zero-order valence-corrected chi connectivity index (χ0v) is 19.4. The summed E-state index contributed by atoms with van der Waals surface area (Å²) in [6, 6.07) is 7.99. The first kappa shape index (κ1) is 22.4. The maximum absolute atomic E-state index is 12.1. The Morgan fingerprint density at radius 2 is 2.04 bits per heavy atom. The number of aliphatic imine (C=N–C) groups is 1. The lowest BCUT2D eigenvalue weighted by Crippen LogP contribution is -2.52. The molecular formula is C19H27IN6OS. The smallest absolute Gasteiger partial charge is 0.227 e. The molecule has 3 rings (SSSR count). The first-order valence-corrected chi connectivity index (χ1v) is 10.0. The van der Waals surface area contributed by atoms with Gasteiger partial charge in [-0.1, -0.05) is 6.07 Å². The average Bonchev–Trinajstić information content (AvgIpc) is 3.22. The summed E-state index contributed by atoms with van der Waals surface area (Å²) in [6.45, 7) is 6.28. The molecule has 0 aromatic carbocycles. The average molecular weight is 514 g/mol. The normalized spacial score (nSPS) is 14.4. The fourth-order valence-corrected chi connectivity index (χ4v) is 3.74. The third kappa shape index (κ3) is 6.33. The predicted molar refractivity (Wildman–Crippen MR) is 127 cm³/mol. The van der Waals surface area contributed by atoms with Crippen molar-refractivity contribution in [2.75, 3.05) is 50.0 Å². The van der Waals surface area contributed by atoms with Crippen LogP contribution in [0, 0.1) is 6.92 Å². The number of thiophene rings is 1. The van der Waals surface area contributed by atoms with Gasteiger partial charge in [-0.05, 0) is 36.1 Å². The van der Waals surface area contributed by atoms with E-state index in [2.05, 4.69) is 47.9 Å². The van der Waals surface area contributed by atoms with Crippen molar-refractivity contribution in [2.45, 2.75) is 13.3 Å². The van der Waals surface area contributed by atoms with E-state index in [0.29, 0.717) is 18.8 Å². The molecule has 1 saturated heterocycles. The second-order valence-electron chi connectivity index (χ2n) is 6.42. The van der Waals surface area contributed by atoms with E-state index in [1.165, 1.54) is 5.00 Å². The first-order valence-electron chi connectivity index (χ1n) is 9.12. The highest BCUT2D eigenvalue weighted by Crippen LogP contribution is 2.22. The number of aromatic nitrogens is 1. The maximum Gasteiger partial charge on any atom is 0.227 e. The molecule has 28 heavy (non-hydrogen) atoms. The van der Waals surface area contributed by atoms with Crippen LogP contribution >= 0.6 is 35.3 Å². The lowest BCUT2D eigenvalue weighted by atomic mass is 10.3. The van der Waals surface area contributed by atoms with Crippen molar-refractivity contribution in [3.63, 3.8) is 0 Å². The molecule has 0 aliphatic carbocycles. The number of hydrogen-bond acceptors (Lipinski definition) is 5. The number of rotatable bonds is 5. The Hall–Kier alpha value is -1.88. The molecule has 9 heteroatoms. The predicted octanol–water partition coefficient (Wildman–Crippen LogP) is 2.80. The van der Waals surface area contributed by atoms with Gasteiger partial charge in [-0.3, -0.25) is 9.79 Å². The number of guanidine groups is 1. The van der Waals surface area contributed by atoms with Gasteiger partial charge in [-0.25, -0.2) is 4.98 Å². The quantitative estimate of drug-likeness (QED) is 0.365. The van der Waals surface area contributed by atoms with Crippen LogP contribution in [0.3, 0.4) is 0 Å². The Balaban J connectivity index is 0.00000280. The van der Waals surface area contributed by atoms with Gasteiger partial charge in [0.15, 0.2) is 5.96 Å². The summed E-state index contributed by atoms with van der Waals surface area (Å²) in [5.74, 6) is 1.37. The zero-order valence-electron chi connectivity index (χ0n) is 16.2. The molecule has 1 aliphatic heterocycles. The lowest BCUT2D eigenvalue weighted by Gasteiger charge is -2.37. The number of nitrogens with zero attached hydrogens (tertiary/aromatic N) is 4. The Kier molecular flexibility index (Phi) is 8.97. The molecule has 0 bridgehead atoms. The minimum atomic E-state index is -0.0585. The van der Waals surface area contributed by atoms with Crippen LogP contribution in [0.5, 0.6) is 0 Å². The highest BCUT2D eigenvalue weighted by molar-refractivity contribution is 14.0. The fourth-order valence-electron chi connectivity index (χ4n) is 2.96. The number of nitrogens with one attached hydrogen (secondary N) is 2. The van der Waals surface area contributed by atoms with Crippen LogP contribution in [0.4, 0.5) is 10.8 Å². The second-order valence-corrected chi connectivity index (χ2v) is 7.34. The third-order valence-corrected chi connectivity index (χ3v) is 5.35. The standard InChI is InChI=1S/C19H26N6OS.HI/c1-15-5-6-16(22-14-15)23-17(26)7-8-21-19(20-2)25-11-9-24(10-12-25)18-4-3-13-27-18;/h3-6,13-14H,7-12H2,1-2H3,(H,20,21)(H,22,23,26);1H. The number of piperazine rings is 1. The summed E-state index contributed by atoms with van der Waals surface area (Å²) < 4.78 is 0. The number of carbonyl (C=O) groups is 1. The zero-order chi connectivity index (χ0) is 19.1. The molecule has 2 aromatic heterocycles. The van der Waals surface area contributed by atoms with Gasteiger partial charge in [0.2, 0.25) is 5.91 Å². The van der Waals surface area contributed by atoms with Crippen molar-refractivity contribution in [1.29, 1.82) is 0 Å². The molecular weight excluding hydrogens is 487 g/mol. The van der Waals surface area contributed by atoms with E-state index < -0.39 is 0 Å². The SMILES string of the molecule is CN=C(NCCC(=O)Nc1ccc(C)cn1)N1CCN(c2cccs2)CC1.I. The molecule has 0 spiro atoms. The Bertz CT molecular complexity index is 757. The van der Waals surface area contributed by atoms with Crippen molar-refractivity contribution in [3.8, 4) is 0 Å². The summed E-state index contributed by atoms with van der Waals surface area (Å²) in [4.78, 5) is 25.3. The van der Waals surface area contributed by atoms with Crippen molar-refractivity contribution in [1.82, 2.24) is 15.2 Å². The van der Waals surface area contributed by atoms with E-state index in [9.17, 15) is 4.79 Å². The largest absolute Gasteiger partial charge is 0.360 e. The maximum atomic E-state index is 12.1. The summed E-state index contributed by atoms with van der Waals surface area (Å²) in [7, 11) is 1.78. The van der Waals surface area contributed by atoms with Crippen LogP contribution in [0.15, 0.2) is 40.8 Å². The van der Waals surface area contributed by atoms with E-state index in [1.54, 1.807) is 24.6 Å². The Morgan fingerprint density at radius 3 is 2.64 bits per heavy atom. The molecule has 0 saturated carbocycles. The number of aryl methyl sites for hydroxylation is 1. The van der Waals surface area contributed by atoms with Crippen LogP contribution in [-0.2, 0) is 4.79 Å². The molecule has 1 fully saturated rings. The van der Waals surface area contributed by atoms with Gasteiger partial charge >= 0.3 is 0 Å². The van der Waals surface area contributed by atoms with Crippen molar-refractivity contribution in [3.05, 3.63) is 41.4 Å². The van der Waals surface area contributed by atoms with E-state index in [4.69, 9.17) is 0 Å². The molecule has 1 amide bonds. The van der Waals surface area contributed by atoms with Gasteiger partial charge in [0.25, 0.3) is 0 Å². The number of hydrogen-bond donors (Lipinski definition) is 2. The molecule has 2 N–H and O–H groups in total. The molecule has 3 heterocycles. The van der Waals surface area contributed by atoms with E-state index >= 15 is 0 Å². The lowest BCUT2D eigenvalue weighted by molar-refractivity contribution is -0.116. The number of carbonyl (C=O) groups excluding carboxylic acids is 1. The monoisotopic (exact) mass is 514 g/mol. The van der Waals surface area contributed by atoms with Gasteiger partial charge in [-0.15, -0.1) is 35.3 Å². The molecule has 152 valence electrons. The third-order valence-electron chi connectivity index (χ3n) is 4.42. The van der Waals surface area contributed by atoms with Crippen molar-refractivity contribution in [2.24, 2.45) is 4.99 Å². The van der Waals surface area contributed by atoms with Crippen LogP contribution < -0.4 is 15.5 Å². The number of halogens is 1. The number of pyridine rings is 1. The van der Waals surface area contributed by atoms with E-state index in [1.807, 2.05) is 19.1 Å². The van der Waals surface area contributed by atoms with Gasteiger partial charge < -0.3 is 20.4 Å². The van der Waals surface area contributed by atoms with E-state index in [-0.39, 0.29) is 29.9 Å². The summed E-state index contributed by atoms with van der Waals surface area (Å²) in [5.41, 5.74) is 1.07. The Labute approximate surface area is 187 Å². The molecule has 0 radical (unpaired) electrons. The number of amides is 1. The highest BCUT2D eigenvalue weighted by atomic mass is 127. The van der Waals surface area contributed by atoms with E-state index in [0.717, 1.165) is 37.7 Å².